The van der Waals surface area contributed by atoms with Gasteiger partial charge in [0.25, 0.3) is 5.91 Å². The van der Waals surface area contributed by atoms with Crippen molar-refractivity contribution >= 4 is 22.0 Å². The normalized spacial score (nSPS) is 18.3. The molecule has 0 bridgehead atoms. The summed E-state index contributed by atoms with van der Waals surface area (Å²) in [4.78, 5) is 17.1. The molecule has 2 aromatic rings. The number of morpholine rings is 1. The van der Waals surface area contributed by atoms with E-state index in [-0.39, 0.29) is 16.4 Å². The highest BCUT2D eigenvalue weighted by Crippen LogP contribution is 2.27. The molecule has 2 aromatic carbocycles. The Morgan fingerprint density at radius 3 is 2.38 bits per heavy atom. The maximum atomic E-state index is 13.4. The smallest absolute Gasteiger partial charge is 0.257 e. The maximum absolute atomic E-state index is 13.4. The number of piperazine rings is 1. The Balaban J connectivity index is 1.42. The van der Waals surface area contributed by atoms with Crippen molar-refractivity contribution in [2.24, 2.45) is 0 Å². The topological polar surface area (TPSA) is 79.4 Å². The van der Waals surface area contributed by atoms with Crippen LogP contribution in [0, 0.1) is 0 Å². The van der Waals surface area contributed by atoms with Gasteiger partial charge in [-0.2, -0.15) is 4.31 Å². The molecule has 2 fully saturated rings. The van der Waals surface area contributed by atoms with Crippen LogP contribution < -0.4 is 4.74 Å². The zero-order valence-electron chi connectivity index (χ0n) is 19.4. The molecule has 2 heterocycles. The van der Waals surface area contributed by atoms with Crippen molar-refractivity contribution in [2.75, 3.05) is 66.1 Å². The molecule has 2 saturated heterocycles. The van der Waals surface area contributed by atoms with Crippen LogP contribution in [0.4, 0.5) is 0 Å². The molecule has 0 spiro atoms. The Morgan fingerprint density at radius 2 is 1.71 bits per heavy atom. The van der Waals surface area contributed by atoms with Gasteiger partial charge in [-0.25, -0.2) is 8.42 Å². The zero-order valence-corrected chi connectivity index (χ0v) is 20.2. The van der Waals surface area contributed by atoms with Gasteiger partial charge in [-0.05, 0) is 23.8 Å². The van der Waals surface area contributed by atoms with Crippen molar-refractivity contribution < 1.29 is 22.7 Å². The number of methoxy groups -OCH3 is 1. The lowest BCUT2D eigenvalue weighted by molar-refractivity contribution is 0.0300. The summed E-state index contributed by atoms with van der Waals surface area (Å²) in [5.41, 5.74) is 1.40. The maximum Gasteiger partial charge on any atom is 0.257 e. The molecule has 0 aromatic heterocycles. The van der Waals surface area contributed by atoms with Crippen molar-refractivity contribution in [3.63, 3.8) is 0 Å². The van der Waals surface area contributed by atoms with E-state index in [2.05, 4.69) is 17.1 Å². The highest BCUT2D eigenvalue weighted by molar-refractivity contribution is 7.89. The number of carbonyl (C=O) groups is 1. The molecule has 0 atom stereocenters. The number of hydrogen-bond donors (Lipinski definition) is 0. The van der Waals surface area contributed by atoms with E-state index in [0.29, 0.717) is 58.2 Å². The third-order valence-electron chi connectivity index (χ3n) is 6.14. The average molecular weight is 486 g/mol. The fraction of sp³-hybridized carbons (Fsp3) is 0.400. The summed E-state index contributed by atoms with van der Waals surface area (Å²) in [5.74, 6) is 0.123. The van der Waals surface area contributed by atoms with Crippen LogP contribution in [0.3, 0.4) is 0 Å². The van der Waals surface area contributed by atoms with Crippen LogP contribution >= 0.6 is 0 Å². The molecule has 9 heteroatoms. The van der Waals surface area contributed by atoms with Crippen molar-refractivity contribution in [1.29, 1.82) is 0 Å². The third kappa shape index (κ3) is 5.67. The molecule has 1 amide bonds. The Bertz CT molecular complexity index is 1110. The first-order chi connectivity index (χ1) is 16.5. The van der Waals surface area contributed by atoms with Crippen LogP contribution in [0.2, 0.25) is 0 Å². The first-order valence-corrected chi connectivity index (χ1v) is 12.9. The zero-order chi connectivity index (χ0) is 24.0. The average Bonchev–Trinajstić information content (AvgIpc) is 2.89. The number of carbonyl (C=O) groups excluding carboxylic acids is 1. The summed E-state index contributed by atoms with van der Waals surface area (Å²) >= 11 is 0. The predicted octanol–water partition coefficient (Wildman–Crippen LogP) is 2.19. The second kappa shape index (κ2) is 11.1. The number of hydrogen-bond acceptors (Lipinski definition) is 6. The minimum absolute atomic E-state index is 0.113. The van der Waals surface area contributed by atoms with Crippen molar-refractivity contribution in [3.05, 3.63) is 65.7 Å². The summed E-state index contributed by atoms with van der Waals surface area (Å²) < 4.78 is 38.9. The van der Waals surface area contributed by atoms with E-state index in [9.17, 15) is 13.2 Å². The van der Waals surface area contributed by atoms with Crippen molar-refractivity contribution in [1.82, 2.24) is 14.1 Å². The van der Waals surface area contributed by atoms with E-state index in [1.54, 1.807) is 11.0 Å². The number of sulfonamides is 1. The fourth-order valence-electron chi connectivity index (χ4n) is 4.15. The summed E-state index contributed by atoms with van der Waals surface area (Å²) in [5, 5.41) is 0. The molecule has 4 rings (SSSR count). The molecular formula is C25H31N3O5S. The van der Waals surface area contributed by atoms with Gasteiger partial charge in [0, 0.05) is 45.8 Å². The standard InChI is InChI=1S/C25H31N3O5S/c1-32-24-10-9-22(20-23(24)25(29)27-16-18-33-19-17-27)34(30,31)28-14-12-26(13-15-28)11-5-8-21-6-3-2-4-7-21/h2-10,20H,11-19H2,1H3. The Kier molecular flexibility index (Phi) is 7.99. The Hall–Kier alpha value is -2.72. The summed E-state index contributed by atoms with van der Waals surface area (Å²) in [6.07, 6.45) is 4.18. The Morgan fingerprint density at radius 1 is 1.00 bits per heavy atom. The monoisotopic (exact) mass is 485 g/mol. The SMILES string of the molecule is COc1ccc(S(=O)(=O)N2CCN(CC=Cc3ccccc3)CC2)cc1C(=O)N1CCOCC1. The number of ether oxygens (including phenoxy) is 2. The van der Waals surface area contributed by atoms with Gasteiger partial charge in [-0.15, -0.1) is 0 Å². The number of amides is 1. The van der Waals surface area contributed by atoms with Crippen LogP contribution in [-0.4, -0.2) is 94.6 Å². The van der Waals surface area contributed by atoms with Crippen LogP contribution in [-0.2, 0) is 14.8 Å². The summed E-state index contributed by atoms with van der Waals surface area (Å²) in [6.45, 7) is 4.75. The molecule has 0 unspecified atom stereocenters. The molecule has 0 radical (unpaired) electrons. The second-order valence-corrected chi connectivity index (χ2v) is 10.2. The molecule has 8 nitrogen and oxygen atoms in total. The number of nitrogens with zero attached hydrogens (tertiary/aromatic N) is 3. The van der Waals surface area contributed by atoms with Gasteiger partial charge in [0.15, 0.2) is 0 Å². The fourth-order valence-corrected chi connectivity index (χ4v) is 5.60. The van der Waals surface area contributed by atoms with Gasteiger partial charge >= 0.3 is 0 Å². The number of rotatable bonds is 7. The van der Waals surface area contributed by atoms with E-state index in [4.69, 9.17) is 9.47 Å². The molecule has 182 valence electrons. The number of benzene rings is 2. The first-order valence-electron chi connectivity index (χ1n) is 11.5. The van der Waals surface area contributed by atoms with E-state index in [1.807, 2.05) is 30.3 Å². The van der Waals surface area contributed by atoms with Gasteiger partial charge in [-0.1, -0.05) is 42.5 Å². The van der Waals surface area contributed by atoms with Crippen LogP contribution in [0.15, 0.2) is 59.5 Å². The van der Waals surface area contributed by atoms with Gasteiger partial charge in [-0.3, -0.25) is 9.69 Å². The summed E-state index contributed by atoms with van der Waals surface area (Å²) in [7, 11) is -2.25. The van der Waals surface area contributed by atoms with Gasteiger partial charge < -0.3 is 14.4 Å². The first kappa shape index (κ1) is 24.4. The van der Waals surface area contributed by atoms with Gasteiger partial charge in [0.05, 0.1) is 30.8 Å². The van der Waals surface area contributed by atoms with E-state index in [1.165, 1.54) is 23.5 Å². The van der Waals surface area contributed by atoms with E-state index in [0.717, 1.165) is 12.1 Å². The van der Waals surface area contributed by atoms with E-state index < -0.39 is 10.0 Å². The van der Waals surface area contributed by atoms with Crippen LogP contribution in [0.5, 0.6) is 5.75 Å². The molecule has 0 aliphatic carbocycles. The lowest BCUT2D eigenvalue weighted by atomic mass is 10.1. The van der Waals surface area contributed by atoms with Crippen LogP contribution in [0.1, 0.15) is 15.9 Å². The molecular weight excluding hydrogens is 454 g/mol. The van der Waals surface area contributed by atoms with E-state index >= 15 is 0 Å². The minimum atomic E-state index is -3.72. The molecule has 34 heavy (non-hydrogen) atoms. The molecule has 2 aliphatic rings. The van der Waals surface area contributed by atoms with Crippen molar-refractivity contribution in [3.8, 4) is 5.75 Å². The minimum Gasteiger partial charge on any atom is -0.496 e. The quantitative estimate of drug-likeness (QED) is 0.598. The largest absolute Gasteiger partial charge is 0.496 e. The molecule has 0 saturated carbocycles. The van der Waals surface area contributed by atoms with Gasteiger partial charge in [0.2, 0.25) is 10.0 Å². The second-order valence-electron chi connectivity index (χ2n) is 8.28. The lowest BCUT2D eigenvalue weighted by Gasteiger charge is -2.33. The van der Waals surface area contributed by atoms with Gasteiger partial charge in [0.1, 0.15) is 5.75 Å². The highest BCUT2D eigenvalue weighted by atomic mass is 32.2. The predicted molar refractivity (Wildman–Crippen MR) is 130 cm³/mol. The summed E-state index contributed by atoms with van der Waals surface area (Å²) in [6, 6.07) is 14.6. The van der Waals surface area contributed by atoms with Crippen LogP contribution in [0.25, 0.3) is 6.08 Å². The molecule has 2 aliphatic heterocycles. The van der Waals surface area contributed by atoms with Crippen molar-refractivity contribution in [2.45, 2.75) is 4.90 Å². The highest BCUT2D eigenvalue weighted by Gasteiger charge is 2.30. The molecule has 0 N–H and O–H groups in total. The Labute approximate surface area is 201 Å². The lowest BCUT2D eigenvalue weighted by Crippen LogP contribution is -2.48. The third-order valence-corrected chi connectivity index (χ3v) is 8.04.